The molecule has 1 heterocycles. The number of nitrogens with two attached hydrogens (primary N) is 1. The molecule has 0 aliphatic rings. The van der Waals surface area contributed by atoms with Crippen LogP contribution < -0.4 is 21.7 Å². The summed E-state index contributed by atoms with van der Waals surface area (Å²) in [5.41, 5.74) is 7.06. The van der Waals surface area contributed by atoms with Crippen molar-refractivity contribution in [3.63, 3.8) is 0 Å². The molecule has 0 aliphatic carbocycles. The molecule has 10 heteroatoms. The standard InChI is InChI=1S/C20H27N5O5/c1-11(2)18(20(29)30)25-17(27)10-23-19(28)15(24-16(26)8-21)7-12-9-22-14-6-4-3-5-13(12)14/h3-6,9,11,15,18,22H,7-8,10,21H2,1-2H3,(H,23,28)(H,24,26)(H,25,27)(H,29,30). The van der Waals surface area contributed by atoms with Crippen molar-refractivity contribution in [2.75, 3.05) is 13.1 Å². The Kier molecular flexibility index (Phi) is 7.93. The van der Waals surface area contributed by atoms with Gasteiger partial charge in [0.05, 0.1) is 13.1 Å². The van der Waals surface area contributed by atoms with Crippen LogP contribution in [0, 0.1) is 5.92 Å². The van der Waals surface area contributed by atoms with Gasteiger partial charge in [-0.15, -0.1) is 0 Å². The molecule has 162 valence electrons. The van der Waals surface area contributed by atoms with Crippen molar-refractivity contribution in [3.8, 4) is 0 Å². The van der Waals surface area contributed by atoms with Crippen LogP contribution in [-0.4, -0.2) is 59.0 Å². The van der Waals surface area contributed by atoms with Crippen molar-refractivity contribution in [1.82, 2.24) is 20.9 Å². The fraction of sp³-hybridized carbons (Fsp3) is 0.400. The van der Waals surface area contributed by atoms with E-state index in [0.29, 0.717) is 0 Å². The van der Waals surface area contributed by atoms with Gasteiger partial charge in [-0.25, -0.2) is 4.79 Å². The van der Waals surface area contributed by atoms with E-state index < -0.39 is 42.3 Å². The zero-order chi connectivity index (χ0) is 22.3. The Morgan fingerprint density at radius 3 is 2.43 bits per heavy atom. The summed E-state index contributed by atoms with van der Waals surface area (Å²) in [4.78, 5) is 50.8. The van der Waals surface area contributed by atoms with Gasteiger partial charge in [0.2, 0.25) is 17.7 Å². The number of rotatable bonds is 10. The van der Waals surface area contributed by atoms with Crippen LogP contribution in [0.4, 0.5) is 0 Å². The fourth-order valence-electron chi connectivity index (χ4n) is 3.01. The molecule has 2 atom stereocenters. The molecule has 0 bridgehead atoms. The summed E-state index contributed by atoms with van der Waals surface area (Å²) < 4.78 is 0. The second kappa shape index (κ2) is 10.4. The maximum absolute atomic E-state index is 12.6. The molecule has 2 aromatic rings. The summed E-state index contributed by atoms with van der Waals surface area (Å²) in [6.45, 7) is 2.62. The highest BCUT2D eigenvalue weighted by Crippen LogP contribution is 2.19. The minimum Gasteiger partial charge on any atom is -0.480 e. The third-order valence-corrected chi connectivity index (χ3v) is 4.61. The van der Waals surface area contributed by atoms with E-state index in [2.05, 4.69) is 20.9 Å². The van der Waals surface area contributed by atoms with Crippen LogP contribution in [0.1, 0.15) is 19.4 Å². The summed E-state index contributed by atoms with van der Waals surface area (Å²) in [5.74, 6) is -3.20. The molecule has 7 N–H and O–H groups in total. The Balaban J connectivity index is 2.05. The average molecular weight is 417 g/mol. The molecule has 0 aliphatic heterocycles. The Morgan fingerprint density at radius 1 is 1.10 bits per heavy atom. The number of H-pyrrole nitrogens is 1. The first kappa shape index (κ1) is 22.9. The van der Waals surface area contributed by atoms with E-state index in [1.807, 2.05) is 24.3 Å². The number of para-hydroxylation sites is 1. The van der Waals surface area contributed by atoms with E-state index >= 15 is 0 Å². The van der Waals surface area contributed by atoms with Crippen molar-refractivity contribution in [2.45, 2.75) is 32.4 Å². The first-order valence-corrected chi connectivity index (χ1v) is 9.57. The van der Waals surface area contributed by atoms with Crippen LogP contribution in [0.2, 0.25) is 0 Å². The number of aromatic nitrogens is 1. The van der Waals surface area contributed by atoms with Crippen molar-refractivity contribution in [3.05, 3.63) is 36.0 Å². The van der Waals surface area contributed by atoms with Gasteiger partial charge in [-0.3, -0.25) is 14.4 Å². The van der Waals surface area contributed by atoms with E-state index in [1.165, 1.54) is 0 Å². The predicted octanol–water partition coefficient (Wildman–Crippen LogP) is -0.504. The SMILES string of the molecule is CC(C)C(NC(=O)CNC(=O)C(Cc1c[nH]c2ccccc12)NC(=O)CN)C(=O)O. The second-order valence-electron chi connectivity index (χ2n) is 7.23. The zero-order valence-electron chi connectivity index (χ0n) is 16.9. The number of aromatic amines is 1. The van der Waals surface area contributed by atoms with Crippen LogP contribution in [-0.2, 0) is 25.6 Å². The van der Waals surface area contributed by atoms with E-state index in [0.717, 1.165) is 16.5 Å². The van der Waals surface area contributed by atoms with Gasteiger partial charge in [0.25, 0.3) is 0 Å². The number of hydrogen-bond donors (Lipinski definition) is 6. The topological polar surface area (TPSA) is 166 Å². The lowest BCUT2D eigenvalue weighted by Gasteiger charge is -2.20. The van der Waals surface area contributed by atoms with E-state index in [-0.39, 0.29) is 18.9 Å². The number of nitrogens with one attached hydrogen (secondary N) is 4. The van der Waals surface area contributed by atoms with Crippen LogP contribution in [0.3, 0.4) is 0 Å². The molecule has 0 spiro atoms. The maximum Gasteiger partial charge on any atom is 0.326 e. The molecule has 2 unspecified atom stereocenters. The summed E-state index contributed by atoms with van der Waals surface area (Å²) in [6.07, 6.45) is 1.94. The van der Waals surface area contributed by atoms with Crippen LogP contribution in [0.15, 0.2) is 30.5 Å². The van der Waals surface area contributed by atoms with Gasteiger partial charge in [0.1, 0.15) is 12.1 Å². The smallest absolute Gasteiger partial charge is 0.326 e. The van der Waals surface area contributed by atoms with Crippen LogP contribution in [0.5, 0.6) is 0 Å². The van der Waals surface area contributed by atoms with Gasteiger partial charge >= 0.3 is 5.97 Å². The normalized spacial score (nSPS) is 12.9. The number of carboxylic acid groups (broad SMARTS) is 1. The lowest BCUT2D eigenvalue weighted by molar-refractivity contribution is -0.143. The van der Waals surface area contributed by atoms with Crippen molar-refractivity contribution in [1.29, 1.82) is 0 Å². The summed E-state index contributed by atoms with van der Waals surface area (Å²) >= 11 is 0. The molecule has 0 saturated heterocycles. The molecule has 2 rings (SSSR count). The van der Waals surface area contributed by atoms with Gasteiger partial charge in [-0.05, 0) is 17.5 Å². The van der Waals surface area contributed by atoms with E-state index in [1.54, 1.807) is 20.0 Å². The second-order valence-corrected chi connectivity index (χ2v) is 7.23. The number of carbonyl (C=O) groups is 4. The third-order valence-electron chi connectivity index (χ3n) is 4.61. The quantitative estimate of drug-likeness (QED) is 0.305. The van der Waals surface area contributed by atoms with Crippen LogP contribution in [0.25, 0.3) is 10.9 Å². The highest BCUT2D eigenvalue weighted by Gasteiger charge is 2.25. The molecule has 0 saturated carbocycles. The van der Waals surface area contributed by atoms with Crippen molar-refractivity contribution < 1.29 is 24.3 Å². The number of fused-ring (bicyclic) bond motifs is 1. The number of carbonyl (C=O) groups excluding carboxylic acids is 3. The monoisotopic (exact) mass is 417 g/mol. The molecule has 10 nitrogen and oxygen atoms in total. The van der Waals surface area contributed by atoms with Gasteiger partial charge in [-0.1, -0.05) is 32.0 Å². The summed E-state index contributed by atoms with van der Waals surface area (Å²) in [5, 5.41) is 17.4. The molecule has 1 aromatic heterocycles. The Hall–Kier alpha value is -3.40. The van der Waals surface area contributed by atoms with Gasteiger partial charge in [0.15, 0.2) is 0 Å². The number of amides is 3. The molecule has 0 radical (unpaired) electrons. The lowest BCUT2D eigenvalue weighted by Crippen LogP contribution is -2.53. The highest BCUT2D eigenvalue weighted by atomic mass is 16.4. The summed E-state index contributed by atoms with van der Waals surface area (Å²) in [6, 6.07) is 5.52. The average Bonchev–Trinajstić information content (AvgIpc) is 3.12. The number of benzene rings is 1. The Labute approximate surface area is 173 Å². The van der Waals surface area contributed by atoms with E-state index in [9.17, 15) is 19.2 Å². The summed E-state index contributed by atoms with van der Waals surface area (Å²) in [7, 11) is 0. The van der Waals surface area contributed by atoms with Crippen LogP contribution >= 0.6 is 0 Å². The minimum absolute atomic E-state index is 0.187. The minimum atomic E-state index is -1.16. The molecule has 0 fully saturated rings. The predicted molar refractivity (Wildman–Crippen MR) is 110 cm³/mol. The van der Waals surface area contributed by atoms with Gasteiger partial charge in [-0.2, -0.15) is 0 Å². The van der Waals surface area contributed by atoms with E-state index in [4.69, 9.17) is 10.8 Å². The van der Waals surface area contributed by atoms with Crippen molar-refractivity contribution >= 4 is 34.6 Å². The Morgan fingerprint density at radius 2 is 1.80 bits per heavy atom. The first-order chi connectivity index (χ1) is 14.2. The number of carboxylic acids is 1. The maximum atomic E-state index is 12.6. The molecule has 1 aromatic carbocycles. The molecular weight excluding hydrogens is 390 g/mol. The lowest BCUT2D eigenvalue weighted by atomic mass is 10.0. The molecule has 30 heavy (non-hydrogen) atoms. The van der Waals surface area contributed by atoms with Crippen molar-refractivity contribution in [2.24, 2.45) is 11.7 Å². The first-order valence-electron chi connectivity index (χ1n) is 9.57. The molecule has 3 amide bonds. The number of aliphatic carboxylic acids is 1. The highest BCUT2D eigenvalue weighted by molar-refractivity contribution is 5.93. The molecular formula is C20H27N5O5. The largest absolute Gasteiger partial charge is 0.480 e. The third kappa shape index (κ3) is 6.05. The fourth-order valence-corrected chi connectivity index (χ4v) is 3.01. The number of hydrogen-bond acceptors (Lipinski definition) is 5. The Bertz CT molecular complexity index is 923. The van der Waals surface area contributed by atoms with Gasteiger partial charge in [0, 0.05) is 23.5 Å². The zero-order valence-corrected chi connectivity index (χ0v) is 16.9. The van der Waals surface area contributed by atoms with Gasteiger partial charge < -0.3 is 31.8 Å².